The van der Waals surface area contributed by atoms with Gasteiger partial charge in [0.25, 0.3) is 0 Å². The van der Waals surface area contributed by atoms with Gasteiger partial charge < -0.3 is 10.2 Å². The molecule has 0 unspecified atom stereocenters. The van der Waals surface area contributed by atoms with Crippen LogP contribution in [0.15, 0.2) is 24.3 Å². The molecule has 0 aromatic heterocycles. The van der Waals surface area contributed by atoms with E-state index in [0.717, 1.165) is 6.54 Å². The first-order chi connectivity index (χ1) is 7.75. The highest BCUT2D eigenvalue weighted by Crippen LogP contribution is 2.21. The molecule has 16 heavy (non-hydrogen) atoms. The first-order valence-corrected chi connectivity index (χ1v) is 6.34. The van der Waals surface area contributed by atoms with Gasteiger partial charge in [0.1, 0.15) is 0 Å². The Labute approximate surface area is 98.7 Å². The van der Waals surface area contributed by atoms with Gasteiger partial charge >= 0.3 is 0 Å². The quantitative estimate of drug-likeness (QED) is 0.833. The lowest BCUT2D eigenvalue weighted by molar-refractivity contribution is 0.689. The monoisotopic (exact) mass is 218 g/mol. The van der Waals surface area contributed by atoms with Crippen molar-refractivity contribution in [3.8, 4) is 0 Å². The highest BCUT2D eigenvalue weighted by Gasteiger charge is 2.11. The van der Waals surface area contributed by atoms with E-state index in [0.29, 0.717) is 5.92 Å². The molecule has 2 nitrogen and oxygen atoms in total. The van der Waals surface area contributed by atoms with Gasteiger partial charge in [-0.15, -0.1) is 0 Å². The largest absolute Gasteiger partial charge is 0.385 e. The summed E-state index contributed by atoms with van der Waals surface area (Å²) in [6.45, 7) is 7.94. The third-order valence-corrected chi connectivity index (χ3v) is 3.05. The van der Waals surface area contributed by atoms with Gasteiger partial charge in [0.2, 0.25) is 0 Å². The van der Waals surface area contributed by atoms with E-state index in [2.05, 4.69) is 48.3 Å². The topological polar surface area (TPSA) is 15.3 Å². The van der Waals surface area contributed by atoms with E-state index in [1.807, 2.05) is 0 Å². The first kappa shape index (κ1) is 11.3. The van der Waals surface area contributed by atoms with Crippen LogP contribution in [-0.4, -0.2) is 19.6 Å². The SMILES string of the molecule is CC(C)CNc1ccc(N2CCCC2)cc1. The molecule has 0 amide bonds. The maximum Gasteiger partial charge on any atom is 0.0367 e. The number of nitrogens with zero attached hydrogens (tertiary/aromatic N) is 1. The molecule has 1 saturated heterocycles. The summed E-state index contributed by atoms with van der Waals surface area (Å²) in [7, 11) is 0. The van der Waals surface area contributed by atoms with Crippen molar-refractivity contribution in [2.45, 2.75) is 26.7 Å². The highest BCUT2D eigenvalue weighted by atomic mass is 15.1. The Morgan fingerprint density at radius 1 is 1.12 bits per heavy atom. The van der Waals surface area contributed by atoms with Crippen molar-refractivity contribution in [2.75, 3.05) is 29.9 Å². The zero-order valence-electron chi connectivity index (χ0n) is 10.4. The van der Waals surface area contributed by atoms with E-state index < -0.39 is 0 Å². The number of rotatable bonds is 4. The highest BCUT2D eigenvalue weighted by molar-refractivity contribution is 5.55. The minimum atomic E-state index is 0.693. The molecule has 0 saturated carbocycles. The minimum absolute atomic E-state index is 0.693. The van der Waals surface area contributed by atoms with Crippen LogP contribution in [0.5, 0.6) is 0 Å². The number of benzene rings is 1. The van der Waals surface area contributed by atoms with E-state index in [-0.39, 0.29) is 0 Å². The van der Waals surface area contributed by atoms with E-state index in [4.69, 9.17) is 0 Å². The van der Waals surface area contributed by atoms with Gasteiger partial charge in [0.15, 0.2) is 0 Å². The molecule has 0 radical (unpaired) electrons. The summed E-state index contributed by atoms with van der Waals surface area (Å²) in [5.74, 6) is 0.693. The van der Waals surface area contributed by atoms with Crippen LogP contribution in [-0.2, 0) is 0 Å². The fraction of sp³-hybridized carbons (Fsp3) is 0.571. The average Bonchev–Trinajstić information content (AvgIpc) is 2.80. The Balaban J connectivity index is 1.93. The molecular formula is C14H22N2. The first-order valence-electron chi connectivity index (χ1n) is 6.34. The van der Waals surface area contributed by atoms with Crippen LogP contribution in [0.2, 0.25) is 0 Å². The van der Waals surface area contributed by atoms with Gasteiger partial charge in [0, 0.05) is 31.0 Å². The maximum absolute atomic E-state index is 3.44. The molecule has 88 valence electrons. The van der Waals surface area contributed by atoms with Gasteiger partial charge in [0.05, 0.1) is 0 Å². The summed E-state index contributed by atoms with van der Waals surface area (Å²) < 4.78 is 0. The van der Waals surface area contributed by atoms with Crippen molar-refractivity contribution in [1.82, 2.24) is 0 Å². The van der Waals surface area contributed by atoms with Crippen LogP contribution in [0.4, 0.5) is 11.4 Å². The van der Waals surface area contributed by atoms with E-state index >= 15 is 0 Å². The summed E-state index contributed by atoms with van der Waals surface area (Å²) >= 11 is 0. The summed E-state index contributed by atoms with van der Waals surface area (Å²) in [6.07, 6.45) is 2.68. The van der Waals surface area contributed by atoms with Gasteiger partial charge in [-0.3, -0.25) is 0 Å². The second-order valence-electron chi connectivity index (χ2n) is 5.02. The van der Waals surface area contributed by atoms with Crippen LogP contribution in [0, 0.1) is 5.92 Å². The number of hydrogen-bond acceptors (Lipinski definition) is 2. The van der Waals surface area contributed by atoms with Crippen LogP contribution in [0.3, 0.4) is 0 Å². The third kappa shape index (κ3) is 2.91. The molecule has 1 fully saturated rings. The molecule has 0 spiro atoms. The van der Waals surface area contributed by atoms with Crippen LogP contribution >= 0.6 is 0 Å². The predicted octanol–water partition coefficient (Wildman–Crippen LogP) is 3.35. The normalized spacial score (nSPS) is 15.8. The molecule has 1 aromatic carbocycles. The lowest BCUT2D eigenvalue weighted by Crippen LogP contribution is -2.17. The number of hydrogen-bond donors (Lipinski definition) is 1. The summed E-state index contributed by atoms with van der Waals surface area (Å²) in [5, 5.41) is 3.44. The Kier molecular flexibility index (Phi) is 3.70. The van der Waals surface area contributed by atoms with Gasteiger partial charge in [-0.25, -0.2) is 0 Å². The zero-order valence-corrected chi connectivity index (χ0v) is 10.4. The molecular weight excluding hydrogens is 196 g/mol. The number of anilines is 2. The van der Waals surface area contributed by atoms with E-state index in [1.54, 1.807) is 0 Å². The molecule has 0 bridgehead atoms. The smallest absolute Gasteiger partial charge is 0.0367 e. The summed E-state index contributed by atoms with van der Waals surface area (Å²) in [6, 6.07) is 8.84. The standard InChI is InChI=1S/C14H22N2/c1-12(2)11-15-13-5-7-14(8-6-13)16-9-3-4-10-16/h5-8,12,15H,3-4,9-11H2,1-2H3. The molecule has 1 aliphatic rings. The second-order valence-corrected chi connectivity index (χ2v) is 5.02. The Morgan fingerprint density at radius 2 is 1.75 bits per heavy atom. The lowest BCUT2D eigenvalue weighted by atomic mass is 10.2. The zero-order chi connectivity index (χ0) is 11.4. The molecule has 2 heteroatoms. The summed E-state index contributed by atoms with van der Waals surface area (Å²) in [5.41, 5.74) is 2.60. The summed E-state index contributed by atoms with van der Waals surface area (Å²) in [4.78, 5) is 2.46. The van der Waals surface area contributed by atoms with Gasteiger partial charge in [-0.05, 0) is 43.0 Å². The van der Waals surface area contributed by atoms with Crippen LogP contribution in [0.1, 0.15) is 26.7 Å². The number of nitrogens with one attached hydrogen (secondary N) is 1. The molecule has 1 aromatic rings. The third-order valence-electron chi connectivity index (χ3n) is 3.05. The van der Waals surface area contributed by atoms with Crippen LogP contribution in [0.25, 0.3) is 0 Å². The van der Waals surface area contributed by atoms with Gasteiger partial charge in [-0.1, -0.05) is 13.8 Å². The van der Waals surface area contributed by atoms with E-state index in [9.17, 15) is 0 Å². The molecule has 0 atom stereocenters. The van der Waals surface area contributed by atoms with Crippen molar-refractivity contribution >= 4 is 11.4 Å². The Bertz CT molecular complexity index is 310. The van der Waals surface area contributed by atoms with Crippen molar-refractivity contribution in [3.05, 3.63) is 24.3 Å². The molecule has 0 aliphatic carbocycles. The lowest BCUT2D eigenvalue weighted by Gasteiger charge is -2.18. The fourth-order valence-electron chi connectivity index (χ4n) is 2.09. The van der Waals surface area contributed by atoms with Crippen molar-refractivity contribution in [2.24, 2.45) is 5.92 Å². The molecule has 1 N–H and O–H groups in total. The van der Waals surface area contributed by atoms with E-state index in [1.165, 1.54) is 37.3 Å². The molecule has 2 rings (SSSR count). The predicted molar refractivity (Wildman–Crippen MR) is 71.2 cm³/mol. The molecule has 1 heterocycles. The second kappa shape index (κ2) is 5.24. The van der Waals surface area contributed by atoms with Crippen LogP contribution < -0.4 is 10.2 Å². The van der Waals surface area contributed by atoms with Crippen molar-refractivity contribution < 1.29 is 0 Å². The Morgan fingerprint density at radius 3 is 2.31 bits per heavy atom. The van der Waals surface area contributed by atoms with Gasteiger partial charge in [-0.2, -0.15) is 0 Å². The minimum Gasteiger partial charge on any atom is -0.385 e. The fourth-order valence-corrected chi connectivity index (χ4v) is 2.09. The average molecular weight is 218 g/mol. The van der Waals surface area contributed by atoms with Crippen molar-refractivity contribution in [1.29, 1.82) is 0 Å². The van der Waals surface area contributed by atoms with Crippen molar-refractivity contribution in [3.63, 3.8) is 0 Å². The maximum atomic E-state index is 3.44. The Hall–Kier alpha value is -1.18. The molecule has 1 aliphatic heterocycles.